The molecule has 0 aliphatic heterocycles. The van der Waals surface area contributed by atoms with E-state index in [-0.39, 0.29) is 17.9 Å². The van der Waals surface area contributed by atoms with Crippen LogP contribution in [0.15, 0.2) is 24.3 Å². The van der Waals surface area contributed by atoms with E-state index in [1.54, 1.807) is 24.3 Å². The molecule has 112 valence electrons. The first-order chi connectivity index (χ1) is 10.1. The van der Waals surface area contributed by atoms with E-state index in [0.717, 1.165) is 0 Å². The van der Waals surface area contributed by atoms with Gasteiger partial charge in [0.1, 0.15) is 0 Å². The molecule has 0 saturated heterocycles. The zero-order valence-electron chi connectivity index (χ0n) is 12.3. The maximum absolute atomic E-state index is 12.5. The standard InChI is InChI=1S/C17H21NO3/c1-18(16(11-6-7-11)12-8-9-12)15(19)10-13-4-2-3-5-14(13)17(20)21/h2-5,11-12,16H,6-10H2,1H3,(H,20,21). The number of hydrogen-bond donors (Lipinski definition) is 1. The van der Waals surface area contributed by atoms with Crippen molar-refractivity contribution in [3.8, 4) is 0 Å². The van der Waals surface area contributed by atoms with Crippen LogP contribution in [-0.4, -0.2) is 35.0 Å². The van der Waals surface area contributed by atoms with Crippen molar-refractivity contribution in [2.45, 2.75) is 38.1 Å². The van der Waals surface area contributed by atoms with Crippen LogP contribution in [0.4, 0.5) is 0 Å². The van der Waals surface area contributed by atoms with Gasteiger partial charge in [-0.15, -0.1) is 0 Å². The first kappa shape index (κ1) is 14.1. The first-order valence-corrected chi connectivity index (χ1v) is 7.64. The molecule has 2 aliphatic carbocycles. The average molecular weight is 287 g/mol. The third-order valence-electron chi connectivity index (χ3n) is 4.64. The molecule has 2 saturated carbocycles. The predicted molar refractivity (Wildman–Crippen MR) is 79.1 cm³/mol. The summed E-state index contributed by atoms with van der Waals surface area (Å²) < 4.78 is 0. The summed E-state index contributed by atoms with van der Waals surface area (Å²) in [6.45, 7) is 0. The summed E-state index contributed by atoms with van der Waals surface area (Å²) in [4.78, 5) is 25.6. The van der Waals surface area contributed by atoms with Gasteiger partial charge < -0.3 is 10.0 Å². The average Bonchev–Trinajstić information content (AvgIpc) is 3.33. The lowest BCUT2D eigenvalue weighted by Gasteiger charge is -2.28. The lowest BCUT2D eigenvalue weighted by Crippen LogP contribution is -2.41. The number of carbonyl (C=O) groups excluding carboxylic acids is 1. The minimum Gasteiger partial charge on any atom is -0.478 e. The highest BCUT2D eigenvalue weighted by Crippen LogP contribution is 2.46. The van der Waals surface area contributed by atoms with Gasteiger partial charge >= 0.3 is 5.97 Å². The van der Waals surface area contributed by atoms with Crippen molar-refractivity contribution in [1.82, 2.24) is 4.90 Å². The van der Waals surface area contributed by atoms with Crippen LogP contribution < -0.4 is 0 Å². The molecule has 0 spiro atoms. The van der Waals surface area contributed by atoms with Crippen molar-refractivity contribution < 1.29 is 14.7 Å². The Hall–Kier alpha value is -1.84. The van der Waals surface area contributed by atoms with Crippen LogP contribution in [0.1, 0.15) is 41.6 Å². The Morgan fingerprint density at radius 1 is 1.19 bits per heavy atom. The lowest BCUT2D eigenvalue weighted by molar-refractivity contribution is -0.132. The molecular formula is C17H21NO3. The van der Waals surface area contributed by atoms with Crippen LogP contribution in [0.25, 0.3) is 0 Å². The van der Waals surface area contributed by atoms with Gasteiger partial charge in [-0.05, 0) is 49.1 Å². The molecule has 0 radical (unpaired) electrons. The number of amides is 1. The molecule has 1 amide bonds. The Labute approximate surface area is 124 Å². The van der Waals surface area contributed by atoms with Gasteiger partial charge in [0.15, 0.2) is 0 Å². The Morgan fingerprint density at radius 2 is 1.76 bits per heavy atom. The number of carbonyl (C=O) groups is 2. The smallest absolute Gasteiger partial charge is 0.335 e. The molecule has 0 unspecified atom stereocenters. The summed E-state index contributed by atoms with van der Waals surface area (Å²) in [5.74, 6) is 0.400. The van der Waals surface area contributed by atoms with E-state index in [2.05, 4.69) is 0 Å². The molecule has 2 fully saturated rings. The molecule has 1 aromatic carbocycles. The molecule has 0 aromatic heterocycles. The largest absolute Gasteiger partial charge is 0.478 e. The summed E-state index contributed by atoms with van der Waals surface area (Å²) in [6.07, 6.45) is 5.08. The van der Waals surface area contributed by atoms with Crippen molar-refractivity contribution in [3.63, 3.8) is 0 Å². The maximum Gasteiger partial charge on any atom is 0.335 e. The van der Waals surface area contributed by atoms with E-state index >= 15 is 0 Å². The van der Waals surface area contributed by atoms with Crippen LogP contribution in [0.5, 0.6) is 0 Å². The van der Waals surface area contributed by atoms with Gasteiger partial charge in [-0.1, -0.05) is 18.2 Å². The molecule has 4 heteroatoms. The normalized spacial score (nSPS) is 17.8. The topological polar surface area (TPSA) is 57.6 Å². The molecule has 0 bridgehead atoms. The highest BCUT2D eigenvalue weighted by molar-refractivity contribution is 5.91. The highest BCUT2D eigenvalue weighted by Gasteiger charge is 2.44. The number of hydrogen-bond acceptors (Lipinski definition) is 2. The SMILES string of the molecule is CN(C(=O)Cc1ccccc1C(=O)O)C(C1CC1)C1CC1. The van der Waals surface area contributed by atoms with Crippen molar-refractivity contribution in [2.24, 2.45) is 11.8 Å². The molecule has 4 nitrogen and oxygen atoms in total. The van der Waals surface area contributed by atoms with Crippen molar-refractivity contribution in [3.05, 3.63) is 35.4 Å². The zero-order chi connectivity index (χ0) is 15.0. The van der Waals surface area contributed by atoms with Gasteiger partial charge in [0, 0.05) is 13.1 Å². The van der Waals surface area contributed by atoms with E-state index in [1.807, 2.05) is 11.9 Å². The van der Waals surface area contributed by atoms with Gasteiger partial charge in [0.25, 0.3) is 0 Å². The number of aromatic carboxylic acids is 1. The number of nitrogens with zero attached hydrogens (tertiary/aromatic N) is 1. The first-order valence-electron chi connectivity index (χ1n) is 7.64. The van der Waals surface area contributed by atoms with Crippen LogP contribution in [0, 0.1) is 11.8 Å². The van der Waals surface area contributed by atoms with E-state index in [9.17, 15) is 14.7 Å². The fourth-order valence-corrected chi connectivity index (χ4v) is 3.23. The van der Waals surface area contributed by atoms with Crippen LogP contribution in [-0.2, 0) is 11.2 Å². The predicted octanol–water partition coefficient (Wildman–Crippen LogP) is 2.57. The van der Waals surface area contributed by atoms with Crippen LogP contribution in [0.3, 0.4) is 0 Å². The third-order valence-corrected chi connectivity index (χ3v) is 4.64. The molecular weight excluding hydrogens is 266 g/mol. The van der Waals surface area contributed by atoms with Crippen molar-refractivity contribution >= 4 is 11.9 Å². The summed E-state index contributed by atoms with van der Waals surface area (Å²) >= 11 is 0. The summed E-state index contributed by atoms with van der Waals surface area (Å²) in [5.41, 5.74) is 0.834. The second-order valence-corrected chi connectivity index (χ2v) is 6.31. The van der Waals surface area contributed by atoms with Gasteiger partial charge in [0.05, 0.1) is 12.0 Å². The second kappa shape index (κ2) is 5.51. The summed E-state index contributed by atoms with van der Waals surface area (Å²) in [6, 6.07) is 7.14. The van der Waals surface area contributed by atoms with Gasteiger partial charge in [-0.3, -0.25) is 4.79 Å². The minimum absolute atomic E-state index is 0.0347. The molecule has 0 atom stereocenters. The van der Waals surface area contributed by atoms with Gasteiger partial charge in [-0.25, -0.2) is 4.79 Å². The second-order valence-electron chi connectivity index (χ2n) is 6.31. The van der Waals surface area contributed by atoms with Gasteiger partial charge in [0.2, 0.25) is 5.91 Å². The minimum atomic E-state index is -0.970. The molecule has 1 N–H and O–H groups in total. The number of carboxylic acid groups (broad SMARTS) is 1. The Morgan fingerprint density at radius 3 is 2.29 bits per heavy atom. The van der Waals surface area contributed by atoms with Gasteiger partial charge in [-0.2, -0.15) is 0 Å². The van der Waals surface area contributed by atoms with Crippen LogP contribution >= 0.6 is 0 Å². The Kier molecular flexibility index (Phi) is 3.70. The Balaban J connectivity index is 1.72. The quantitative estimate of drug-likeness (QED) is 0.875. The molecule has 2 aliphatic rings. The van der Waals surface area contributed by atoms with Crippen molar-refractivity contribution in [1.29, 1.82) is 0 Å². The van der Waals surface area contributed by atoms with Crippen molar-refractivity contribution in [2.75, 3.05) is 7.05 Å². The van der Waals surface area contributed by atoms with E-state index in [0.29, 0.717) is 23.4 Å². The number of carboxylic acids is 1. The van der Waals surface area contributed by atoms with E-state index in [4.69, 9.17) is 0 Å². The number of benzene rings is 1. The zero-order valence-corrected chi connectivity index (χ0v) is 12.3. The molecule has 3 rings (SSSR count). The third kappa shape index (κ3) is 3.09. The Bertz CT molecular complexity index is 549. The number of likely N-dealkylation sites (N-methyl/N-ethyl adjacent to an activating group) is 1. The summed E-state index contributed by atoms with van der Waals surface area (Å²) in [7, 11) is 1.88. The maximum atomic E-state index is 12.5. The molecule has 0 heterocycles. The fraction of sp³-hybridized carbons (Fsp3) is 0.529. The summed E-state index contributed by atoms with van der Waals surface area (Å²) in [5, 5.41) is 9.20. The highest BCUT2D eigenvalue weighted by atomic mass is 16.4. The molecule has 1 aromatic rings. The lowest BCUT2D eigenvalue weighted by atomic mass is 10.0. The van der Waals surface area contributed by atoms with E-state index in [1.165, 1.54) is 25.7 Å². The van der Waals surface area contributed by atoms with E-state index < -0.39 is 5.97 Å². The fourth-order valence-electron chi connectivity index (χ4n) is 3.23. The molecule has 21 heavy (non-hydrogen) atoms. The monoisotopic (exact) mass is 287 g/mol. The number of rotatable bonds is 6. The van der Waals surface area contributed by atoms with Crippen LogP contribution in [0.2, 0.25) is 0 Å².